The Hall–Kier alpha value is -0.880. The van der Waals surface area contributed by atoms with Crippen molar-refractivity contribution in [3.8, 4) is 0 Å². The van der Waals surface area contributed by atoms with E-state index >= 15 is 0 Å². The van der Waals surface area contributed by atoms with Crippen molar-refractivity contribution >= 4 is 9.84 Å². The lowest BCUT2D eigenvalue weighted by Gasteiger charge is -2.20. The maximum atomic E-state index is 11.5. The van der Waals surface area contributed by atoms with Gasteiger partial charge in [-0.15, -0.1) is 0 Å². The van der Waals surface area contributed by atoms with E-state index in [0.29, 0.717) is 23.5 Å². The molecule has 114 valence electrons. The first kappa shape index (κ1) is 15.5. The lowest BCUT2D eigenvalue weighted by Crippen LogP contribution is -2.33. The molecular formula is C14H25N3O2S. The van der Waals surface area contributed by atoms with Gasteiger partial charge in [0.15, 0.2) is 9.84 Å². The zero-order valence-corrected chi connectivity index (χ0v) is 13.2. The fourth-order valence-electron chi connectivity index (χ4n) is 2.96. The SMILES string of the molecule is CCNC(Cc1cnn(CC)c1)CC1CCS(=O)(=O)C1. The average Bonchev–Trinajstić information content (AvgIpc) is 2.96. The Bertz CT molecular complexity index is 524. The standard InChI is InChI=1S/C14H25N3O2S/c1-3-15-14(7-12-5-6-20(18,19)11-12)8-13-9-16-17(4-2)10-13/h9-10,12,14-15H,3-8,11H2,1-2H3. The second kappa shape index (κ2) is 6.72. The van der Waals surface area contributed by atoms with Crippen molar-refractivity contribution in [2.75, 3.05) is 18.1 Å². The van der Waals surface area contributed by atoms with Gasteiger partial charge >= 0.3 is 0 Å². The van der Waals surface area contributed by atoms with Crippen molar-refractivity contribution in [1.82, 2.24) is 15.1 Å². The van der Waals surface area contributed by atoms with Gasteiger partial charge in [0.2, 0.25) is 0 Å². The maximum absolute atomic E-state index is 11.5. The highest BCUT2D eigenvalue weighted by Crippen LogP contribution is 2.24. The molecule has 1 aliphatic rings. The molecule has 0 spiro atoms. The minimum Gasteiger partial charge on any atom is -0.314 e. The van der Waals surface area contributed by atoms with Crippen molar-refractivity contribution in [3.05, 3.63) is 18.0 Å². The largest absolute Gasteiger partial charge is 0.314 e. The van der Waals surface area contributed by atoms with Crippen molar-refractivity contribution in [1.29, 1.82) is 0 Å². The van der Waals surface area contributed by atoms with Crippen LogP contribution < -0.4 is 5.32 Å². The van der Waals surface area contributed by atoms with Crippen molar-refractivity contribution in [2.45, 2.75) is 45.7 Å². The van der Waals surface area contributed by atoms with Crippen LogP contribution in [-0.2, 0) is 22.8 Å². The third-order valence-corrected chi connectivity index (χ3v) is 5.77. The van der Waals surface area contributed by atoms with E-state index in [4.69, 9.17) is 0 Å². The first-order valence-corrected chi connectivity index (χ1v) is 9.29. The summed E-state index contributed by atoms with van der Waals surface area (Å²) in [4.78, 5) is 0. The molecule has 2 atom stereocenters. The molecule has 2 unspecified atom stereocenters. The normalized spacial score (nSPS) is 23.0. The van der Waals surface area contributed by atoms with Crippen LogP contribution >= 0.6 is 0 Å². The third kappa shape index (κ3) is 4.31. The Kier molecular flexibility index (Phi) is 5.21. The molecule has 0 bridgehead atoms. The Morgan fingerprint density at radius 3 is 2.85 bits per heavy atom. The molecule has 0 aliphatic carbocycles. The minimum atomic E-state index is -2.77. The smallest absolute Gasteiger partial charge is 0.150 e. The second-order valence-electron chi connectivity index (χ2n) is 5.67. The van der Waals surface area contributed by atoms with E-state index in [1.165, 1.54) is 5.56 Å². The molecule has 1 aromatic rings. The van der Waals surface area contributed by atoms with Gasteiger partial charge in [-0.25, -0.2) is 8.42 Å². The number of rotatable bonds is 7. The Morgan fingerprint density at radius 1 is 1.50 bits per heavy atom. The van der Waals surface area contributed by atoms with Crippen LogP contribution in [0.3, 0.4) is 0 Å². The molecule has 5 nitrogen and oxygen atoms in total. The van der Waals surface area contributed by atoms with Crippen LogP contribution in [0.5, 0.6) is 0 Å². The van der Waals surface area contributed by atoms with E-state index in [1.807, 2.05) is 10.9 Å². The molecule has 20 heavy (non-hydrogen) atoms. The van der Waals surface area contributed by atoms with Crippen LogP contribution in [0.2, 0.25) is 0 Å². The molecule has 2 heterocycles. The topological polar surface area (TPSA) is 64.0 Å². The van der Waals surface area contributed by atoms with Gasteiger partial charge in [-0.1, -0.05) is 6.92 Å². The van der Waals surface area contributed by atoms with E-state index in [2.05, 4.69) is 30.5 Å². The van der Waals surface area contributed by atoms with Gasteiger partial charge in [0.25, 0.3) is 0 Å². The van der Waals surface area contributed by atoms with Crippen molar-refractivity contribution in [2.24, 2.45) is 5.92 Å². The van der Waals surface area contributed by atoms with Gasteiger partial charge in [0, 0.05) is 18.8 Å². The highest BCUT2D eigenvalue weighted by molar-refractivity contribution is 7.91. The highest BCUT2D eigenvalue weighted by atomic mass is 32.2. The van der Waals surface area contributed by atoms with E-state index in [1.54, 1.807) is 0 Å². The summed E-state index contributed by atoms with van der Waals surface area (Å²) in [7, 11) is -2.77. The summed E-state index contributed by atoms with van der Waals surface area (Å²) in [5.74, 6) is 1.04. The number of nitrogens with one attached hydrogen (secondary N) is 1. The van der Waals surface area contributed by atoms with Gasteiger partial charge in [-0.2, -0.15) is 5.10 Å². The van der Waals surface area contributed by atoms with Crippen LogP contribution in [0.15, 0.2) is 12.4 Å². The van der Waals surface area contributed by atoms with Gasteiger partial charge in [-0.05, 0) is 44.2 Å². The molecule has 0 radical (unpaired) electrons. The summed E-state index contributed by atoms with van der Waals surface area (Å²) < 4.78 is 25.0. The van der Waals surface area contributed by atoms with Crippen LogP contribution in [0.1, 0.15) is 32.3 Å². The first-order chi connectivity index (χ1) is 9.52. The molecule has 6 heteroatoms. The molecule has 0 saturated carbocycles. The molecular weight excluding hydrogens is 274 g/mol. The molecule has 1 aliphatic heterocycles. The monoisotopic (exact) mass is 299 g/mol. The second-order valence-corrected chi connectivity index (χ2v) is 7.90. The Balaban J connectivity index is 1.93. The predicted molar refractivity (Wildman–Crippen MR) is 80.4 cm³/mol. The summed E-state index contributed by atoms with van der Waals surface area (Å²) in [6, 6.07) is 0.341. The van der Waals surface area contributed by atoms with Gasteiger partial charge in [0.1, 0.15) is 0 Å². The molecule has 1 N–H and O–H groups in total. The van der Waals surface area contributed by atoms with Gasteiger partial charge in [-0.3, -0.25) is 4.68 Å². The fraction of sp³-hybridized carbons (Fsp3) is 0.786. The van der Waals surface area contributed by atoms with E-state index in [0.717, 1.165) is 32.4 Å². The van der Waals surface area contributed by atoms with Crippen LogP contribution in [0.4, 0.5) is 0 Å². The van der Waals surface area contributed by atoms with Crippen molar-refractivity contribution < 1.29 is 8.42 Å². The lowest BCUT2D eigenvalue weighted by atomic mass is 9.95. The zero-order chi connectivity index (χ0) is 14.6. The van der Waals surface area contributed by atoms with Crippen LogP contribution in [0, 0.1) is 5.92 Å². The highest BCUT2D eigenvalue weighted by Gasteiger charge is 2.29. The lowest BCUT2D eigenvalue weighted by molar-refractivity contribution is 0.409. The first-order valence-electron chi connectivity index (χ1n) is 7.47. The summed E-state index contributed by atoms with van der Waals surface area (Å²) in [5, 5.41) is 7.78. The number of nitrogens with zero attached hydrogens (tertiary/aromatic N) is 2. The van der Waals surface area contributed by atoms with E-state index in [-0.39, 0.29) is 0 Å². The summed E-state index contributed by atoms with van der Waals surface area (Å²) in [6.07, 6.45) is 6.67. The molecule has 0 amide bonds. The summed E-state index contributed by atoms with van der Waals surface area (Å²) >= 11 is 0. The Morgan fingerprint density at radius 2 is 2.30 bits per heavy atom. The summed E-state index contributed by atoms with van der Waals surface area (Å²) in [5.41, 5.74) is 1.22. The number of likely N-dealkylation sites (N-methyl/N-ethyl adjacent to an activating group) is 1. The molecule has 1 saturated heterocycles. The average molecular weight is 299 g/mol. The number of aromatic nitrogens is 2. The quantitative estimate of drug-likeness (QED) is 0.823. The maximum Gasteiger partial charge on any atom is 0.150 e. The minimum absolute atomic E-state index is 0.310. The Labute approximate surface area is 121 Å². The number of aryl methyl sites for hydroxylation is 1. The molecule has 1 aromatic heterocycles. The molecule has 2 rings (SSSR count). The fourth-order valence-corrected chi connectivity index (χ4v) is 4.84. The van der Waals surface area contributed by atoms with Crippen LogP contribution in [0.25, 0.3) is 0 Å². The number of hydrogen-bond donors (Lipinski definition) is 1. The van der Waals surface area contributed by atoms with E-state index in [9.17, 15) is 8.42 Å². The van der Waals surface area contributed by atoms with Crippen molar-refractivity contribution in [3.63, 3.8) is 0 Å². The van der Waals surface area contributed by atoms with Crippen LogP contribution in [-0.4, -0.2) is 42.3 Å². The predicted octanol–water partition coefficient (Wildman–Crippen LogP) is 1.25. The van der Waals surface area contributed by atoms with Gasteiger partial charge < -0.3 is 5.32 Å². The number of hydrogen-bond acceptors (Lipinski definition) is 4. The zero-order valence-electron chi connectivity index (χ0n) is 12.4. The number of sulfone groups is 1. The third-order valence-electron chi connectivity index (χ3n) is 3.93. The van der Waals surface area contributed by atoms with Gasteiger partial charge in [0.05, 0.1) is 17.7 Å². The van der Waals surface area contributed by atoms with E-state index < -0.39 is 9.84 Å². The summed E-state index contributed by atoms with van der Waals surface area (Å²) in [6.45, 7) is 5.95. The molecule has 1 fully saturated rings. The molecule has 0 aromatic carbocycles.